The fraction of sp³-hybridized carbons (Fsp3) is 0.143. The first-order valence-electron chi connectivity index (χ1n) is 6.21. The number of benzene rings is 1. The molecule has 20 heavy (non-hydrogen) atoms. The molecule has 3 heterocycles. The maximum Gasteiger partial charge on any atom is 0.163 e. The van der Waals surface area contributed by atoms with E-state index >= 15 is 0 Å². The average molecular weight is 288 g/mol. The third-order valence-electron chi connectivity index (χ3n) is 3.12. The summed E-state index contributed by atoms with van der Waals surface area (Å²) < 4.78 is 11.1. The minimum absolute atomic E-state index is 0.564. The van der Waals surface area contributed by atoms with Gasteiger partial charge >= 0.3 is 0 Å². The van der Waals surface area contributed by atoms with Crippen LogP contribution in [0.1, 0.15) is 0 Å². The van der Waals surface area contributed by atoms with Crippen LogP contribution in [0.4, 0.5) is 0 Å². The van der Waals surface area contributed by atoms with Crippen LogP contribution >= 0.6 is 11.6 Å². The molecule has 1 aliphatic rings. The second-order valence-electron chi connectivity index (χ2n) is 4.46. The van der Waals surface area contributed by atoms with Crippen molar-refractivity contribution in [3.05, 3.63) is 35.5 Å². The molecule has 100 valence electrons. The van der Waals surface area contributed by atoms with Crippen molar-refractivity contribution in [2.24, 2.45) is 0 Å². The van der Waals surface area contributed by atoms with Gasteiger partial charge in [-0.05, 0) is 12.1 Å². The van der Waals surface area contributed by atoms with Gasteiger partial charge in [-0.15, -0.1) is 0 Å². The van der Waals surface area contributed by atoms with Gasteiger partial charge in [0.1, 0.15) is 18.9 Å². The van der Waals surface area contributed by atoms with Crippen LogP contribution in [-0.4, -0.2) is 28.2 Å². The van der Waals surface area contributed by atoms with Gasteiger partial charge in [-0.3, -0.25) is 4.98 Å². The van der Waals surface area contributed by atoms with Crippen LogP contribution < -0.4 is 9.47 Å². The average Bonchev–Trinajstić information content (AvgIpc) is 2.88. The number of imidazole rings is 1. The summed E-state index contributed by atoms with van der Waals surface area (Å²) in [7, 11) is 0. The molecule has 6 heteroatoms. The number of aromatic nitrogens is 3. The number of ether oxygens (including phenoxy) is 2. The Morgan fingerprint density at radius 3 is 2.65 bits per heavy atom. The van der Waals surface area contributed by atoms with Crippen molar-refractivity contribution in [2.45, 2.75) is 0 Å². The number of pyridine rings is 1. The molecule has 0 amide bonds. The highest BCUT2D eigenvalue weighted by molar-refractivity contribution is 6.30. The molecule has 0 unspecified atom stereocenters. The third kappa shape index (κ3) is 1.87. The number of nitrogens with zero attached hydrogens (tertiary/aromatic N) is 2. The molecule has 3 aromatic rings. The Bertz CT molecular complexity index is 740. The summed E-state index contributed by atoms with van der Waals surface area (Å²) in [6.45, 7) is 1.13. The van der Waals surface area contributed by atoms with Gasteiger partial charge in [0.05, 0.1) is 16.1 Å². The van der Waals surface area contributed by atoms with Gasteiger partial charge in [0.15, 0.2) is 17.3 Å². The first-order valence-corrected chi connectivity index (χ1v) is 6.59. The van der Waals surface area contributed by atoms with Crippen LogP contribution in [-0.2, 0) is 0 Å². The maximum atomic E-state index is 5.84. The van der Waals surface area contributed by atoms with E-state index < -0.39 is 0 Å². The van der Waals surface area contributed by atoms with E-state index in [2.05, 4.69) is 15.0 Å². The van der Waals surface area contributed by atoms with E-state index in [-0.39, 0.29) is 0 Å². The molecule has 4 rings (SSSR count). The number of halogens is 1. The zero-order valence-electron chi connectivity index (χ0n) is 10.4. The van der Waals surface area contributed by atoms with Gasteiger partial charge in [0.25, 0.3) is 0 Å². The molecule has 0 bridgehead atoms. The lowest BCUT2D eigenvalue weighted by Gasteiger charge is -2.17. The monoisotopic (exact) mass is 287 g/mol. The highest BCUT2D eigenvalue weighted by Crippen LogP contribution is 2.34. The van der Waals surface area contributed by atoms with Crippen molar-refractivity contribution in [3.63, 3.8) is 0 Å². The summed E-state index contributed by atoms with van der Waals surface area (Å²) in [6, 6.07) is 7.39. The molecule has 0 saturated carbocycles. The van der Waals surface area contributed by atoms with Crippen LogP contribution in [0.25, 0.3) is 22.6 Å². The van der Waals surface area contributed by atoms with Gasteiger partial charge in [-0.1, -0.05) is 11.6 Å². The SMILES string of the molecule is Clc1ccc(-c2nc3cc4c(cc3[nH]2)OCCO4)nc1. The number of hydrogen-bond acceptors (Lipinski definition) is 4. The van der Waals surface area contributed by atoms with Gasteiger partial charge < -0.3 is 14.5 Å². The summed E-state index contributed by atoms with van der Waals surface area (Å²) >= 11 is 5.84. The van der Waals surface area contributed by atoms with Gasteiger partial charge in [-0.25, -0.2) is 4.98 Å². The number of H-pyrrole nitrogens is 1. The molecule has 5 nitrogen and oxygen atoms in total. The highest BCUT2D eigenvalue weighted by atomic mass is 35.5. The van der Waals surface area contributed by atoms with Crippen molar-refractivity contribution >= 4 is 22.6 Å². The minimum atomic E-state index is 0.564. The Morgan fingerprint density at radius 1 is 1.10 bits per heavy atom. The zero-order valence-corrected chi connectivity index (χ0v) is 11.1. The Morgan fingerprint density at radius 2 is 1.90 bits per heavy atom. The van der Waals surface area contributed by atoms with Gasteiger partial charge in [0.2, 0.25) is 0 Å². The molecule has 0 spiro atoms. The summed E-state index contributed by atoms with van der Waals surface area (Å²) in [5.74, 6) is 2.16. The number of hydrogen-bond donors (Lipinski definition) is 1. The fourth-order valence-corrected chi connectivity index (χ4v) is 2.30. The lowest BCUT2D eigenvalue weighted by molar-refractivity contribution is 0.172. The number of aromatic amines is 1. The number of rotatable bonds is 1. The Kier molecular flexibility index (Phi) is 2.53. The van der Waals surface area contributed by atoms with E-state index in [0.717, 1.165) is 28.2 Å². The van der Waals surface area contributed by atoms with E-state index in [0.29, 0.717) is 24.1 Å². The van der Waals surface area contributed by atoms with Crippen molar-refractivity contribution in [1.82, 2.24) is 15.0 Å². The van der Waals surface area contributed by atoms with Crippen LogP contribution in [0, 0.1) is 0 Å². The van der Waals surface area contributed by atoms with Crippen molar-refractivity contribution in [2.75, 3.05) is 13.2 Å². The maximum absolute atomic E-state index is 5.84. The Hall–Kier alpha value is -2.27. The smallest absolute Gasteiger partial charge is 0.163 e. The highest BCUT2D eigenvalue weighted by Gasteiger charge is 2.15. The van der Waals surface area contributed by atoms with E-state index in [1.807, 2.05) is 18.2 Å². The molecule has 0 aliphatic carbocycles. The van der Waals surface area contributed by atoms with Crippen LogP contribution in [0.2, 0.25) is 5.02 Å². The summed E-state index contributed by atoms with van der Waals surface area (Å²) in [5.41, 5.74) is 2.45. The quantitative estimate of drug-likeness (QED) is 0.747. The van der Waals surface area contributed by atoms with E-state index in [1.54, 1.807) is 12.3 Å². The molecule has 0 atom stereocenters. The van der Waals surface area contributed by atoms with Crippen molar-refractivity contribution < 1.29 is 9.47 Å². The normalized spacial score (nSPS) is 13.7. The molecular weight excluding hydrogens is 278 g/mol. The lowest BCUT2D eigenvalue weighted by atomic mass is 10.2. The molecule has 1 N–H and O–H groups in total. The minimum Gasteiger partial charge on any atom is -0.486 e. The molecule has 0 fully saturated rings. The van der Waals surface area contributed by atoms with E-state index in [1.165, 1.54) is 0 Å². The largest absolute Gasteiger partial charge is 0.486 e. The first-order chi connectivity index (χ1) is 9.79. The van der Waals surface area contributed by atoms with Crippen LogP contribution in [0.15, 0.2) is 30.5 Å². The van der Waals surface area contributed by atoms with Crippen molar-refractivity contribution in [1.29, 1.82) is 0 Å². The molecular formula is C14H10ClN3O2. The second-order valence-corrected chi connectivity index (χ2v) is 4.90. The topological polar surface area (TPSA) is 60.0 Å². The third-order valence-corrected chi connectivity index (χ3v) is 3.34. The zero-order chi connectivity index (χ0) is 13.5. The fourth-order valence-electron chi connectivity index (χ4n) is 2.18. The van der Waals surface area contributed by atoms with Crippen LogP contribution in [0.5, 0.6) is 11.5 Å². The molecule has 1 aromatic carbocycles. The van der Waals surface area contributed by atoms with E-state index in [4.69, 9.17) is 21.1 Å². The molecule has 0 radical (unpaired) electrons. The predicted octanol–water partition coefficient (Wildman–Crippen LogP) is 3.05. The molecule has 2 aromatic heterocycles. The summed E-state index contributed by atoms with van der Waals surface area (Å²) in [4.78, 5) is 12.0. The summed E-state index contributed by atoms with van der Waals surface area (Å²) in [5, 5.41) is 0.599. The standard InChI is InChI=1S/C14H10ClN3O2/c15-8-1-2-9(16-7-8)14-17-10-5-12-13(6-11(10)18-14)20-4-3-19-12/h1-2,5-7H,3-4H2,(H,17,18). The van der Waals surface area contributed by atoms with Crippen molar-refractivity contribution in [3.8, 4) is 23.0 Å². The second kappa shape index (κ2) is 4.38. The number of fused-ring (bicyclic) bond motifs is 2. The Labute approximate surface area is 119 Å². The first kappa shape index (κ1) is 11.5. The van der Waals surface area contributed by atoms with E-state index in [9.17, 15) is 0 Å². The Balaban J connectivity index is 1.84. The van der Waals surface area contributed by atoms with Gasteiger partial charge in [0, 0.05) is 18.3 Å². The predicted molar refractivity (Wildman–Crippen MR) is 75.3 cm³/mol. The van der Waals surface area contributed by atoms with Crippen LogP contribution in [0.3, 0.4) is 0 Å². The lowest BCUT2D eigenvalue weighted by Crippen LogP contribution is -2.15. The summed E-state index contributed by atoms with van der Waals surface area (Å²) in [6.07, 6.45) is 1.60. The molecule has 1 aliphatic heterocycles. The number of nitrogens with one attached hydrogen (secondary N) is 1. The van der Waals surface area contributed by atoms with Gasteiger partial charge in [-0.2, -0.15) is 0 Å². The molecule has 0 saturated heterocycles.